The molecule has 0 aliphatic heterocycles. The summed E-state index contributed by atoms with van der Waals surface area (Å²) in [6.45, 7) is 15.0. The van der Waals surface area contributed by atoms with Crippen molar-refractivity contribution in [3.05, 3.63) is 94.3 Å². The van der Waals surface area contributed by atoms with Crippen LogP contribution in [0.2, 0.25) is 0 Å². The molecule has 3 amide bonds. The Labute approximate surface area is 351 Å². The van der Waals surface area contributed by atoms with Crippen LogP contribution in [0.5, 0.6) is 0 Å². The first kappa shape index (κ1) is 46.5. The standard InChI is InChI=1S/C46H57N5O9/c1-8-11-12-13-22-58-45(56)51-42(47)34-18-16-31(17-19-34)24-39(53)37-25-33(10-3)28(5)23-36(37)35-20-21-38(43(54)48-26-32-14-15-32)49-41(35)44(55)59-30(7)60-46(57)50-40(29(6)52)27(4)9-2/h10,16-21,23,25,27,30,32,40H,3,8-9,11-15,22,24,26H2,1-2,4-7H3,(H,48,54)(H,50,57)(H2,47,51,56)/t27-,30?,40-/m0/s1. The number of nitrogens with two attached hydrogens (primary N) is 1. The summed E-state index contributed by atoms with van der Waals surface area (Å²) in [4.78, 5) is 86.8. The van der Waals surface area contributed by atoms with Crippen LogP contribution >= 0.6 is 0 Å². The van der Waals surface area contributed by atoms with Crippen molar-refractivity contribution in [1.82, 2.24) is 15.6 Å². The summed E-state index contributed by atoms with van der Waals surface area (Å²) in [6.07, 6.45) is 4.87. The molecule has 3 aromatic rings. The predicted octanol–water partition coefficient (Wildman–Crippen LogP) is 7.92. The molecule has 1 fully saturated rings. The second kappa shape index (κ2) is 22.3. The SMILES string of the molecule is C=Cc1cc(C(=O)Cc2ccc(C(N)=NC(=O)OCCCCCC)cc2)c(-c2ccc(C(=O)NCC3CC3)nc2C(=O)OC(C)OC(=O)N[C@H](C(C)=O)[C@@H](C)CC)cc1C. The smallest absolute Gasteiger partial charge is 0.435 e. The Morgan fingerprint density at radius 3 is 2.32 bits per heavy atom. The Balaban J connectivity index is 1.62. The first-order valence-corrected chi connectivity index (χ1v) is 20.5. The van der Waals surface area contributed by atoms with E-state index < -0.39 is 36.4 Å². The summed E-state index contributed by atoms with van der Waals surface area (Å²) in [6, 6.07) is 12.3. The average Bonchev–Trinajstić information content (AvgIpc) is 4.06. The Bertz CT molecular complexity index is 2090. The number of benzene rings is 2. The lowest BCUT2D eigenvalue weighted by Gasteiger charge is -2.22. The fraction of sp³-hybridized carbons (Fsp3) is 0.435. The number of hydrogen-bond donors (Lipinski definition) is 3. The number of unbranched alkanes of at least 4 members (excludes halogenated alkanes) is 3. The summed E-state index contributed by atoms with van der Waals surface area (Å²) in [5.74, 6) is -1.87. The number of amidine groups is 1. The van der Waals surface area contributed by atoms with Gasteiger partial charge in [-0.3, -0.25) is 14.4 Å². The van der Waals surface area contributed by atoms with E-state index in [1.165, 1.54) is 26.0 Å². The van der Waals surface area contributed by atoms with Crippen LogP contribution in [0.4, 0.5) is 9.59 Å². The van der Waals surface area contributed by atoms with Crippen molar-refractivity contribution in [2.24, 2.45) is 22.6 Å². The lowest BCUT2D eigenvalue weighted by Crippen LogP contribution is -2.45. The van der Waals surface area contributed by atoms with Crippen LogP contribution in [-0.4, -0.2) is 71.9 Å². The van der Waals surface area contributed by atoms with Crippen molar-refractivity contribution in [3.8, 4) is 11.1 Å². The van der Waals surface area contributed by atoms with Crippen molar-refractivity contribution >= 4 is 47.5 Å². The Morgan fingerprint density at radius 1 is 0.967 bits per heavy atom. The summed E-state index contributed by atoms with van der Waals surface area (Å²) in [5, 5.41) is 5.39. The summed E-state index contributed by atoms with van der Waals surface area (Å²) in [7, 11) is 0. The number of amides is 3. The number of ether oxygens (including phenoxy) is 3. The van der Waals surface area contributed by atoms with Gasteiger partial charge in [0.25, 0.3) is 5.91 Å². The average molecular weight is 824 g/mol. The van der Waals surface area contributed by atoms with E-state index in [0.717, 1.165) is 44.1 Å². The largest absolute Gasteiger partial charge is 0.448 e. The van der Waals surface area contributed by atoms with E-state index in [4.69, 9.17) is 19.9 Å². The number of esters is 1. The molecule has 3 atom stereocenters. The third-order valence-electron chi connectivity index (χ3n) is 10.3. The van der Waals surface area contributed by atoms with Gasteiger partial charge in [-0.1, -0.05) is 89.4 Å². The van der Waals surface area contributed by atoms with Gasteiger partial charge in [0.15, 0.2) is 17.3 Å². The molecular formula is C46H57N5O9. The zero-order chi connectivity index (χ0) is 43.9. The maximum atomic E-state index is 14.2. The summed E-state index contributed by atoms with van der Waals surface area (Å²) < 4.78 is 16.0. The van der Waals surface area contributed by atoms with Gasteiger partial charge in [0.2, 0.25) is 6.29 Å². The van der Waals surface area contributed by atoms with Crippen molar-refractivity contribution in [1.29, 1.82) is 0 Å². The first-order valence-electron chi connectivity index (χ1n) is 20.5. The molecule has 1 aliphatic rings. The van der Waals surface area contributed by atoms with Gasteiger partial charge in [-0.05, 0) is 85.4 Å². The highest BCUT2D eigenvalue weighted by Crippen LogP contribution is 2.32. The minimum Gasteiger partial charge on any atom is -0.448 e. The molecule has 1 aromatic heterocycles. The second-order valence-electron chi connectivity index (χ2n) is 15.2. The highest BCUT2D eigenvalue weighted by Gasteiger charge is 2.29. The maximum Gasteiger partial charge on any atom is 0.435 e. The number of pyridine rings is 1. The van der Waals surface area contributed by atoms with E-state index in [0.29, 0.717) is 41.1 Å². The van der Waals surface area contributed by atoms with E-state index in [9.17, 15) is 28.8 Å². The minimum atomic E-state index is -1.43. The summed E-state index contributed by atoms with van der Waals surface area (Å²) >= 11 is 0. The molecular weight excluding hydrogens is 767 g/mol. The molecule has 14 heteroatoms. The van der Waals surface area contributed by atoms with Gasteiger partial charge in [-0.2, -0.15) is 4.99 Å². The van der Waals surface area contributed by atoms with Gasteiger partial charge in [-0.25, -0.2) is 19.4 Å². The van der Waals surface area contributed by atoms with Crippen LogP contribution in [0.1, 0.15) is 133 Å². The number of nitrogens with one attached hydrogen (secondary N) is 2. The number of alkyl carbamates (subject to hydrolysis) is 1. The normalized spacial score (nSPS) is 13.9. The molecule has 1 heterocycles. The van der Waals surface area contributed by atoms with Crippen molar-refractivity contribution < 1.29 is 43.0 Å². The molecule has 4 rings (SSSR count). The number of ketones is 2. The first-order chi connectivity index (χ1) is 28.6. The Kier molecular flexibility index (Phi) is 17.3. The number of carbonyl (C=O) groups excluding carboxylic acids is 6. The third kappa shape index (κ3) is 13.4. The molecule has 0 saturated heterocycles. The van der Waals surface area contributed by atoms with E-state index in [1.807, 2.05) is 20.8 Å². The highest BCUT2D eigenvalue weighted by atomic mass is 16.7. The number of aromatic nitrogens is 1. The van der Waals surface area contributed by atoms with Gasteiger partial charge in [0.1, 0.15) is 11.5 Å². The van der Waals surface area contributed by atoms with E-state index in [2.05, 4.69) is 34.1 Å². The Morgan fingerprint density at radius 2 is 1.68 bits per heavy atom. The van der Waals surface area contributed by atoms with Crippen LogP contribution in [0.15, 0.2) is 60.1 Å². The van der Waals surface area contributed by atoms with Gasteiger partial charge in [0.05, 0.1) is 12.6 Å². The molecule has 2 aromatic carbocycles. The lowest BCUT2D eigenvalue weighted by atomic mass is 9.89. The van der Waals surface area contributed by atoms with Crippen molar-refractivity contribution in [2.75, 3.05) is 13.2 Å². The van der Waals surface area contributed by atoms with Crippen LogP contribution in [0.3, 0.4) is 0 Å². The van der Waals surface area contributed by atoms with Crippen LogP contribution < -0.4 is 16.4 Å². The molecule has 1 saturated carbocycles. The number of nitrogens with zero attached hydrogens (tertiary/aromatic N) is 2. The number of aryl methyl sites for hydroxylation is 1. The Hall–Kier alpha value is -6.18. The van der Waals surface area contributed by atoms with Gasteiger partial charge >= 0.3 is 18.2 Å². The van der Waals surface area contributed by atoms with Crippen LogP contribution in [0, 0.1) is 18.8 Å². The van der Waals surface area contributed by atoms with Gasteiger partial charge < -0.3 is 30.6 Å². The number of rotatable bonds is 21. The zero-order valence-electron chi connectivity index (χ0n) is 35.4. The maximum absolute atomic E-state index is 14.2. The van der Waals surface area contributed by atoms with E-state index in [1.54, 1.807) is 42.5 Å². The number of carbonyl (C=O) groups is 6. The second-order valence-corrected chi connectivity index (χ2v) is 15.2. The van der Waals surface area contributed by atoms with Crippen molar-refractivity contribution in [2.45, 2.75) is 105 Å². The number of hydrogen-bond acceptors (Lipinski definition) is 10. The van der Waals surface area contributed by atoms with Gasteiger partial charge in [0, 0.05) is 36.6 Å². The quantitative estimate of drug-likeness (QED) is 0.0235. The molecule has 0 spiro atoms. The predicted molar refractivity (Wildman–Crippen MR) is 229 cm³/mol. The van der Waals surface area contributed by atoms with E-state index in [-0.39, 0.29) is 58.9 Å². The fourth-order valence-electron chi connectivity index (χ4n) is 6.39. The topological polar surface area (TPSA) is 205 Å². The summed E-state index contributed by atoms with van der Waals surface area (Å²) in [5.41, 5.74) is 9.06. The monoisotopic (exact) mass is 823 g/mol. The van der Waals surface area contributed by atoms with Crippen LogP contribution in [0.25, 0.3) is 17.2 Å². The molecule has 320 valence electrons. The number of Topliss-reactive ketones (excluding diaryl/α,β-unsaturated/α-hetero) is 2. The molecule has 0 bridgehead atoms. The number of aliphatic imine (C=N–C) groups is 1. The zero-order valence-corrected chi connectivity index (χ0v) is 35.4. The highest BCUT2D eigenvalue weighted by molar-refractivity contribution is 6.07. The molecule has 4 N–H and O–H groups in total. The van der Waals surface area contributed by atoms with Crippen LogP contribution in [-0.2, 0) is 25.4 Å². The fourth-order valence-corrected chi connectivity index (χ4v) is 6.39. The van der Waals surface area contributed by atoms with E-state index >= 15 is 0 Å². The van der Waals surface area contributed by atoms with Crippen molar-refractivity contribution in [3.63, 3.8) is 0 Å². The minimum absolute atomic E-state index is 0.0221. The molecule has 60 heavy (non-hydrogen) atoms. The third-order valence-corrected chi connectivity index (χ3v) is 10.3. The lowest BCUT2D eigenvalue weighted by molar-refractivity contribution is -0.120. The molecule has 1 unspecified atom stereocenters. The van der Waals surface area contributed by atoms with Gasteiger partial charge in [-0.15, -0.1) is 0 Å². The molecule has 14 nitrogen and oxygen atoms in total. The molecule has 0 radical (unpaired) electrons. The molecule has 1 aliphatic carbocycles.